The molecule has 3 rings (SSSR count). The summed E-state index contributed by atoms with van der Waals surface area (Å²) in [5, 5.41) is 4.53. The van der Waals surface area contributed by atoms with E-state index in [-0.39, 0.29) is 0 Å². The number of halogens is 1. The smallest absolute Gasteiger partial charge is 0.191 e. The predicted molar refractivity (Wildman–Crippen MR) is 65.8 cm³/mol. The Kier molecular flexibility index (Phi) is 2.48. The molecule has 2 aromatic heterocycles. The van der Waals surface area contributed by atoms with Crippen LogP contribution < -0.4 is 0 Å². The maximum absolute atomic E-state index is 5.92. The van der Waals surface area contributed by atoms with E-state index in [2.05, 4.69) is 17.0 Å². The Bertz CT molecular complexity index is 517. The van der Waals surface area contributed by atoms with Crippen molar-refractivity contribution in [2.24, 2.45) is 5.92 Å². The van der Waals surface area contributed by atoms with Crippen LogP contribution in [0.2, 0.25) is 4.34 Å². The predicted octanol–water partition coefficient (Wildman–Crippen LogP) is 3.24. The van der Waals surface area contributed by atoms with Crippen LogP contribution >= 0.6 is 22.9 Å². The van der Waals surface area contributed by atoms with Crippen LogP contribution in [0.15, 0.2) is 12.1 Å². The largest absolute Gasteiger partial charge is 0.249 e. The van der Waals surface area contributed by atoms with Gasteiger partial charge in [0.25, 0.3) is 0 Å². The molecule has 1 atom stereocenters. The third-order valence-corrected chi connectivity index (χ3v) is 4.13. The zero-order valence-electron chi connectivity index (χ0n) is 8.98. The van der Waals surface area contributed by atoms with E-state index in [9.17, 15) is 0 Å². The van der Waals surface area contributed by atoms with Gasteiger partial charge in [0.15, 0.2) is 5.82 Å². The molecule has 1 unspecified atom stereocenters. The van der Waals surface area contributed by atoms with Crippen molar-refractivity contribution in [3.63, 3.8) is 0 Å². The molecule has 3 nitrogen and oxygen atoms in total. The summed E-state index contributed by atoms with van der Waals surface area (Å²) in [7, 11) is 0. The molecule has 0 saturated carbocycles. The first-order valence-corrected chi connectivity index (χ1v) is 6.61. The first kappa shape index (κ1) is 10.3. The van der Waals surface area contributed by atoms with Crippen LogP contribution in [-0.2, 0) is 13.0 Å². The maximum atomic E-state index is 5.92. The summed E-state index contributed by atoms with van der Waals surface area (Å²) >= 11 is 7.45. The summed E-state index contributed by atoms with van der Waals surface area (Å²) in [6.45, 7) is 3.25. The Balaban J connectivity index is 1.98. The molecule has 0 radical (unpaired) electrons. The maximum Gasteiger partial charge on any atom is 0.191 e. The van der Waals surface area contributed by atoms with Gasteiger partial charge in [-0.2, -0.15) is 0 Å². The van der Waals surface area contributed by atoms with Gasteiger partial charge in [-0.3, -0.25) is 0 Å². The second-order valence-corrected chi connectivity index (χ2v) is 5.99. The average molecular weight is 254 g/mol. The fraction of sp³-hybridized carbons (Fsp3) is 0.455. The standard InChI is InChI=1S/C11H12ClN3S/c1-7-4-5-15-10(6-7)13-11(14-15)8-2-3-9(12)16-8/h2-3,7H,4-6H2,1H3. The number of aryl methyl sites for hydroxylation is 1. The van der Waals surface area contributed by atoms with Crippen LogP contribution in [0, 0.1) is 5.92 Å². The molecular formula is C11H12ClN3S. The zero-order chi connectivity index (χ0) is 11.1. The highest BCUT2D eigenvalue weighted by Gasteiger charge is 2.19. The third kappa shape index (κ3) is 1.76. The number of thiophene rings is 1. The van der Waals surface area contributed by atoms with E-state index in [1.807, 2.05) is 16.8 Å². The van der Waals surface area contributed by atoms with Crippen molar-refractivity contribution in [2.45, 2.75) is 26.3 Å². The van der Waals surface area contributed by atoms with Crippen molar-refractivity contribution in [1.82, 2.24) is 14.8 Å². The molecule has 0 bridgehead atoms. The summed E-state index contributed by atoms with van der Waals surface area (Å²) in [6, 6.07) is 3.88. The molecule has 0 spiro atoms. The summed E-state index contributed by atoms with van der Waals surface area (Å²) in [5.41, 5.74) is 0. The van der Waals surface area contributed by atoms with Gasteiger partial charge in [0.2, 0.25) is 0 Å². The van der Waals surface area contributed by atoms with Crippen LogP contribution in [-0.4, -0.2) is 14.8 Å². The van der Waals surface area contributed by atoms with Crippen molar-refractivity contribution >= 4 is 22.9 Å². The molecule has 2 aromatic rings. The van der Waals surface area contributed by atoms with Crippen LogP contribution in [0.25, 0.3) is 10.7 Å². The van der Waals surface area contributed by atoms with E-state index < -0.39 is 0 Å². The fourth-order valence-corrected chi connectivity index (χ4v) is 2.97. The SMILES string of the molecule is CC1CCn2nc(-c3ccc(Cl)s3)nc2C1. The monoisotopic (exact) mass is 253 g/mol. The van der Waals surface area contributed by atoms with Crippen LogP contribution in [0.3, 0.4) is 0 Å². The summed E-state index contributed by atoms with van der Waals surface area (Å²) in [4.78, 5) is 5.64. The van der Waals surface area contributed by atoms with Gasteiger partial charge in [-0.1, -0.05) is 18.5 Å². The van der Waals surface area contributed by atoms with Crippen LogP contribution in [0.4, 0.5) is 0 Å². The molecule has 0 saturated heterocycles. The molecule has 0 aromatic carbocycles. The topological polar surface area (TPSA) is 30.7 Å². The Hall–Kier alpha value is -0.870. The first-order valence-electron chi connectivity index (χ1n) is 5.42. The van der Waals surface area contributed by atoms with E-state index >= 15 is 0 Å². The molecule has 0 fully saturated rings. The quantitative estimate of drug-likeness (QED) is 0.781. The van der Waals surface area contributed by atoms with Crippen LogP contribution in [0.1, 0.15) is 19.2 Å². The molecule has 0 amide bonds. The lowest BCUT2D eigenvalue weighted by molar-refractivity contribution is 0.386. The summed E-state index contributed by atoms with van der Waals surface area (Å²) in [6.07, 6.45) is 2.23. The lowest BCUT2D eigenvalue weighted by atomic mass is 10.0. The highest BCUT2D eigenvalue weighted by atomic mass is 35.5. The van der Waals surface area contributed by atoms with Crippen molar-refractivity contribution in [3.8, 4) is 10.7 Å². The van der Waals surface area contributed by atoms with Crippen molar-refractivity contribution in [1.29, 1.82) is 0 Å². The number of fused-ring (bicyclic) bond motifs is 1. The second-order valence-electron chi connectivity index (χ2n) is 4.28. The Morgan fingerprint density at radius 1 is 1.50 bits per heavy atom. The van der Waals surface area contributed by atoms with Gasteiger partial charge in [0.05, 0.1) is 9.21 Å². The van der Waals surface area contributed by atoms with Crippen LogP contribution in [0.5, 0.6) is 0 Å². The van der Waals surface area contributed by atoms with E-state index in [1.54, 1.807) is 0 Å². The molecule has 0 N–H and O–H groups in total. The van der Waals surface area contributed by atoms with Gasteiger partial charge in [-0.15, -0.1) is 16.4 Å². The molecule has 5 heteroatoms. The fourth-order valence-electron chi connectivity index (χ4n) is 2.00. The number of hydrogen-bond acceptors (Lipinski definition) is 3. The lowest BCUT2D eigenvalue weighted by Gasteiger charge is -2.17. The van der Waals surface area contributed by atoms with E-state index in [0.29, 0.717) is 0 Å². The molecular weight excluding hydrogens is 242 g/mol. The minimum Gasteiger partial charge on any atom is -0.249 e. The van der Waals surface area contributed by atoms with Gasteiger partial charge in [0.1, 0.15) is 5.82 Å². The molecule has 1 aliphatic rings. The Labute approximate surface area is 103 Å². The van der Waals surface area contributed by atoms with Crippen molar-refractivity contribution in [3.05, 3.63) is 22.3 Å². The highest BCUT2D eigenvalue weighted by Crippen LogP contribution is 2.30. The normalized spacial score (nSPS) is 19.8. The molecule has 3 heterocycles. The van der Waals surface area contributed by atoms with Crippen molar-refractivity contribution < 1.29 is 0 Å². The van der Waals surface area contributed by atoms with Crippen molar-refractivity contribution in [2.75, 3.05) is 0 Å². The van der Waals surface area contributed by atoms with E-state index in [4.69, 9.17) is 11.6 Å². The zero-order valence-corrected chi connectivity index (χ0v) is 10.6. The number of nitrogens with zero attached hydrogens (tertiary/aromatic N) is 3. The minimum absolute atomic E-state index is 0.719. The van der Waals surface area contributed by atoms with Gasteiger partial charge >= 0.3 is 0 Å². The minimum atomic E-state index is 0.719. The molecule has 16 heavy (non-hydrogen) atoms. The van der Waals surface area contributed by atoms with Gasteiger partial charge in [-0.25, -0.2) is 9.67 Å². The third-order valence-electron chi connectivity index (χ3n) is 2.91. The number of aromatic nitrogens is 3. The van der Waals surface area contributed by atoms with E-state index in [0.717, 1.165) is 39.7 Å². The number of hydrogen-bond donors (Lipinski definition) is 0. The van der Waals surface area contributed by atoms with Gasteiger partial charge < -0.3 is 0 Å². The first-order chi connectivity index (χ1) is 7.72. The number of rotatable bonds is 1. The molecule has 84 valence electrons. The Morgan fingerprint density at radius 2 is 2.38 bits per heavy atom. The molecule has 1 aliphatic heterocycles. The Morgan fingerprint density at radius 3 is 3.12 bits per heavy atom. The lowest BCUT2D eigenvalue weighted by Crippen LogP contribution is -2.18. The van der Waals surface area contributed by atoms with Gasteiger partial charge in [0, 0.05) is 13.0 Å². The molecule has 0 aliphatic carbocycles. The van der Waals surface area contributed by atoms with Gasteiger partial charge in [-0.05, 0) is 24.5 Å². The average Bonchev–Trinajstić information content (AvgIpc) is 2.83. The van der Waals surface area contributed by atoms with E-state index in [1.165, 1.54) is 17.8 Å². The second kappa shape index (κ2) is 3.86. The highest BCUT2D eigenvalue weighted by molar-refractivity contribution is 7.19. The summed E-state index contributed by atoms with van der Waals surface area (Å²) < 4.78 is 2.82. The summed E-state index contributed by atoms with van der Waals surface area (Å²) in [5.74, 6) is 2.65.